The molecule has 0 fully saturated rings. The average Bonchev–Trinajstić information content (AvgIpc) is 2.91. The molecule has 0 saturated carbocycles. The number of hydrogen-bond donors (Lipinski definition) is 2. The molecule has 6 heteroatoms. The third kappa shape index (κ3) is 2.31. The summed E-state index contributed by atoms with van der Waals surface area (Å²) < 4.78 is 18.3. The second-order valence-corrected chi connectivity index (χ2v) is 4.56. The van der Waals surface area contributed by atoms with Gasteiger partial charge in [0.05, 0.1) is 0 Å². The zero-order valence-corrected chi connectivity index (χ0v) is 11.0. The second kappa shape index (κ2) is 4.90. The van der Waals surface area contributed by atoms with Gasteiger partial charge in [0.2, 0.25) is 5.82 Å². The monoisotopic (exact) mass is 286 g/mol. The molecule has 1 heterocycles. The van der Waals surface area contributed by atoms with E-state index in [0.29, 0.717) is 11.1 Å². The van der Waals surface area contributed by atoms with Gasteiger partial charge in [-0.15, -0.1) is 0 Å². The Morgan fingerprint density at radius 1 is 1.10 bits per heavy atom. The number of nitrogens with zero attached hydrogens (tertiary/aromatic N) is 2. The van der Waals surface area contributed by atoms with Crippen molar-refractivity contribution in [1.82, 2.24) is 10.1 Å². The van der Waals surface area contributed by atoms with Crippen LogP contribution in [0.3, 0.4) is 0 Å². The van der Waals surface area contributed by atoms with Crippen LogP contribution in [0.4, 0.5) is 4.39 Å². The summed E-state index contributed by atoms with van der Waals surface area (Å²) in [6, 6.07) is 8.74. The lowest BCUT2D eigenvalue weighted by molar-refractivity contribution is 0.416. The number of rotatable bonds is 2. The third-order valence-electron chi connectivity index (χ3n) is 3.08. The maximum atomic E-state index is 13.3. The SMILES string of the molecule is Cc1cc(-c2noc(-c3c(O)cccc3O)n2)ccc1F. The van der Waals surface area contributed by atoms with Crippen molar-refractivity contribution in [3.05, 3.63) is 47.8 Å². The molecule has 0 atom stereocenters. The van der Waals surface area contributed by atoms with Gasteiger partial charge in [0.25, 0.3) is 5.89 Å². The quantitative estimate of drug-likeness (QED) is 0.756. The summed E-state index contributed by atoms with van der Waals surface area (Å²) in [4.78, 5) is 4.12. The van der Waals surface area contributed by atoms with E-state index in [0.717, 1.165) is 0 Å². The third-order valence-corrected chi connectivity index (χ3v) is 3.08. The molecule has 21 heavy (non-hydrogen) atoms. The first-order chi connectivity index (χ1) is 10.1. The summed E-state index contributed by atoms with van der Waals surface area (Å²) in [6.45, 7) is 1.63. The topological polar surface area (TPSA) is 79.4 Å². The van der Waals surface area contributed by atoms with Crippen LogP contribution in [0.2, 0.25) is 0 Å². The zero-order valence-electron chi connectivity index (χ0n) is 11.0. The van der Waals surface area contributed by atoms with E-state index in [1.807, 2.05) is 0 Å². The summed E-state index contributed by atoms with van der Waals surface area (Å²) >= 11 is 0. The Kier molecular flexibility index (Phi) is 3.06. The second-order valence-electron chi connectivity index (χ2n) is 4.56. The molecule has 1 aromatic heterocycles. The molecule has 0 amide bonds. The van der Waals surface area contributed by atoms with Gasteiger partial charge in [-0.25, -0.2) is 4.39 Å². The molecule has 0 aliphatic heterocycles. The zero-order chi connectivity index (χ0) is 15.0. The fourth-order valence-corrected chi connectivity index (χ4v) is 1.97. The van der Waals surface area contributed by atoms with E-state index in [1.165, 1.54) is 30.3 Å². The highest BCUT2D eigenvalue weighted by atomic mass is 19.1. The van der Waals surface area contributed by atoms with E-state index in [1.54, 1.807) is 13.0 Å². The number of benzene rings is 2. The van der Waals surface area contributed by atoms with Crippen molar-refractivity contribution in [2.45, 2.75) is 6.92 Å². The van der Waals surface area contributed by atoms with Gasteiger partial charge in [0, 0.05) is 5.56 Å². The van der Waals surface area contributed by atoms with Gasteiger partial charge in [0.15, 0.2) is 0 Å². The highest BCUT2D eigenvalue weighted by molar-refractivity contribution is 5.71. The Hall–Kier alpha value is -2.89. The van der Waals surface area contributed by atoms with Gasteiger partial charge in [-0.3, -0.25) is 0 Å². The first-order valence-corrected chi connectivity index (χ1v) is 6.18. The van der Waals surface area contributed by atoms with Crippen molar-refractivity contribution in [2.75, 3.05) is 0 Å². The molecule has 5 nitrogen and oxygen atoms in total. The van der Waals surface area contributed by atoms with Crippen LogP contribution in [0.5, 0.6) is 11.5 Å². The van der Waals surface area contributed by atoms with Gasteiger partial charge in [-0.1, -0.05) is 11.2 Å². The largest absolute Gasteiger partial charge is 0.507 e. The van der Waals surface area contributed by atoms with Crippen molar-refractivity contribution in [3.8, 4) is 34.3 Å². The Balaban J connectivity index is 2.06. The molecule has 0 aliphatic carbocycles. The number of aromatic hydroxyl groups is 2. The van der Waals surface area contributed by atoms with Crippen molar-refractivity contribution in [3.63, 3.8) is 0 Å². The summed E-state index contributed by atoms with van der Waals surface area (Å²) in [7, 11) is 0. The van der Waals surface area contributed by atoms with Crippen molar-refractivity contribution in [1.29, 1.82) is 0 Å². The fraction of sp³-hybridized carbons (Fsp3) is 0.0667. The van der Waals surface area contributed by atoms with E-state index < -0.39 is 0 Å². The summed E-state index contributed by atoms with van der Waals surface area (Å²) in [5, 5.41) is 23.3. The summed E-state index contributed by atoms with van der Waals surface area (Å²) in [6.07, 6.45) is 0. The molecule has 3 aromatic rings. The number of aryl methyl sites for hydroxylation is 1. The van der Waals surface area contributed by atoms with Crippen molar-refractivity contribution >= 4 is 0 Å². The fourth-order valence-electron chi connectivity index (χ4n) is 1.97. The Morgan fingerprint density at radius 2 is 1.81 bits per heavy atom. The first kappa shape index (κ1) is 13.1. The molecule has 2 N–H and O–H groups in total. The predicted molar refractivity (Wildman–Crippen MR) is 73.2 cm³/mol. The highest BCUT2D eigenvalue weighted by Crippen LogP contribution is 2.36. The molecular weight excluding hydrogens is 275 g/mol. The minimum atomic E-state index is -0.319. The minimum Gasteiger partial charge on any atom is -0.507 e. The molecule has 0 radical (unpaired) electrons. The summed E-state index contributed by atoms with van der Waals surface area (Å²) in [5.41, 5.74) is 1.11. The van der Waals surface area contributed by atoms with Crippen LogP contribution < -0.4 is 0 Å². The minimum absolute atomic E-state index is 0.0115. The molecule has 0 bridgehead atoms. The van der Waals surface area contributed by atoms with Crippen LogP contribution >= 0.6 is 0 Å². The number of hydrogen-bond acceptors (Lipinski definition) is 5. The summed E-state index contributed by atoms with van der Waals surface area (Å²) in [5.74, 6) is -0.417. The number of phenolic OH excluding ortho intramolecular Hbond substituents is 2. The van der Waals surface area contributed by atoms with E-state index >= 15 is 0 Å². The van der Waals surface area contributed by atoms with E-state index in [-0.39, 0.29) is 34.6 Å². The van der Waals surface area contributed by atoms with E-state index in [9.17, 15) is 14.6 Å². The lowest BCUT2D eigenvalue weighted by Gasteiger charge is -2.01. The van der Waals surface area contributed by atoms with Crippen molar-refractivity contribution in [2.24, 2.45) is 0 Å². The first-order valence-electron chi connectivity index (χ1n) is 6.18. The normalized spacial score (nSPS) is 10.8. The van der Waals surface area contributed by atoms with Crippen molar-refractivity contribution < 1.29 is 19.1 Å². The molecule has 0 unspecified atom stereocenters. The molecule has 2 aromatic carbocycles. The van der Waals surface area contributed by atoms with Gasteiger partial charge in [-0.2, -0.15) is 4.98 Å². The van der Waals surface area contributed by atoms with Gasteiger partial charge in [0.1, 0.15) is 22.9 Å². The lowest BCUT2D eigenvalue weighted by Crippen LogP contribution is -1.86. The van der Waals surface area contributed by atoms with Crippen LogP contribution in [-0.4, -0.2) is 20.4 Å². The molecule has 3 rings (SSSR count). The van der Waals surface area contributed by atoms with Gasteiger partial charge in [-0.05, 0) is 42.8 Å². The average molecular weight is 286 g/mol. The predicted octanol–water partition coefficient (Wildman–Crippen LogP) is 3.26. The highest BCUT2D eigenvalue weighted by Gasteiger charge is 2.18. The maximum absolute atomic E-state index is 13.3. The smallest absolute Gasteiger partial charge is 0.265 e. The molecule has 0 aliphatic rings. The van der Waals surface area contributed by atoms with E-state index in [4.69, 9.17) is 4.52 Å². The van der Waals surface area contributed by atoms with Crippen LogP contribution in [0.1, 0.15) is 5.56 Å². The van der Waals surface area contributed by atoms with Crippen LogP contribution in [0.15, 0.2) is 40.9 Å². The van der Waals surface area contributed by atoms with Gasteiger partial charge >= 0.3 is 0 Å². The Morgan fingerprint density at radius 3 is 2.48 bits per heavy atom. The Bertz CT molecular complexity index is 794. The number of halogens is 1. The Labute approximate surface area is 119 Å². The van der Waals surface area contributed by atoms with Crippen LogP contribution in [-0.2, 0) is 0 Å². The van der Waals surface area contributed by atoms with Crippen LogP contribution in [0, 0.1) is 12.7 Å². The standard InChI is InChI=1S/C15H11FN2O3/c1-8-7-9(5-6-10(8)16)14-17-15(21-18-14)13-11(19)3-2-4-12(13)20/h2-7,19-20H,1H3. The molecule has 0 spiro atoms. The maximum Gasteiger partial charge on any atom is 0.265 e. The lowest BCUT2D eigenvalue weighted by atomic mass is 10.1. The van der Waals surface area contributed by atoms with Gasteiger partial charge < -0.3 is 14.7 Å². The molecule has 0 saturated heterocycles. The van der Waals surface area contributed by atoms with Crippen LogP contribution in [0.25, 0.3) is 22.8 Å². The molecular formula is C15H11FN2O3. The molecule has 106 valence electrons. The van der Waals surface area contributed by atoms with E-state index in [2.05, 4.69) is 10.1 Å². The number of phenols is 2. The number of aromatic nitrogens is 2.